The van der Waals surface area contributed by atoms with E-state index in [4.69, 9.17) is 0 Å². The number of nitrogens with one attached hydrogen (secondary N) is 1. The van der Waals surface area contributed by atoms with Gasteiger partial charge in [-0.1, -0.05) is 6.07 Å². The average molecular weight is 349 g/mol. The largest absolute Gasteiger partial charge is 0.318 e. The molecule has 23 heavy (non-hydrogen) atoms. The molecule has 116 valence electrons. The van der Waals surface area contributed by atoms with Crippen LogP contribution in [0.5, 0.6) is 0 Å². The first-order chi connectivity index (χ1) is 11.0. The Morgan fingerprint density at radius 2 is 2.13 bits per heavy atom. The highest BCUT2D eigenvalue weighted by Gasteiger charge is 2.16. The molecule has 3 aromatic rings. The third kappa shape index (κ3) is 3.25. The number of thiazole rings is 1. The van der Waals surface area contributed by atoms with Gasteiger partial charge in [-0.2, -0.15) is 0 Å². The number of hydrogen-bond donors (Lipinski definition) is 1. The van der Waals surface area contributed by atoms with E-state index in [0.29, 0.717) is 5.01 Å². The third-order valence-electron chi connectivity index (χ3n) is 2.88. The van der Waals surface area contributed by atoms with Crippen molar-refractivity contribution in [3.05, 3.63) is 62.7 Å². The zero-order valence-corrected chi connectivity index (χ0v) is 13.0. The fourth-order valence-corrected chi connectivity index (χ4v) is 3.41. The number of hydrogen-bond acceptors (Lipinski definition) is 6. The van der Waals surface area contributed by atoms with Crippen molar-refractivity contribution >= 4 is 40.0 Å². The number of carbonyl (C=O) groups excluding carboxylic acids is 1. The third-order valence-corrected chi connectivity index (χ3v) is 4.76. The van der Waals surface area contributed by atoms with Gasteiger partial charge in [0.2, 0.25) is 0 Å². The van der Waals surface area contributed by atoms with Crippen LogP contribution in [-0.2, 0) is 0 Å². The number of aromatic nitrogens is 1. The number of nitro benzene ring substituents is 1. The van der Waals surface area contributed by atoms with Crippen LogP contribution in [0.15, 0.2) is 41.1 Å². The maximum absolute atomic E-state index is 13.7. The normalized spacial score (nSPS) is 10.5. The maximum atomic E-state index is 13.7. The zero-order valence-electron chi connectivity index (χ0n) is 11.4. The van der Waals surface area contributed by atoms with Gasteiger partial charge in [0.15, 0.2) is 0 Å². The summed E-state index contributed by atoms with van der Waals surface area (Å²) in [4.78, 5) is 27.3. The van der Waals surface area contributed by atoms with E-state index in [2.05, 4.69) is 10.3 Å². The van der Waals surface area contributed by atoms with Crippen molar-refractivity contribution in [2.24, 2.45) is 0 Å². The first-order valence-corrected chi connectivity index (χ1v) is 8.05. The van der Waals surface area contributed by atoms with Gasteiger partial charge in [0.05, 0.1) is 15.5 Å². The quantitative estimate of drug-likeness (QED) is 0.566. The van der Waals surface area contributed by atoms with Gasteiger partial charge in [0.1, 0.15) is 16.5 Å². The molecule has 0 saturated heterocycles. The van der Waals surface area contributed by atoms with Crippen LogP contribution in [0.4, 0.5) is 15.8 Å². The number of non-ortho nitro benzene ring substituents is 1. The monoisotopic (exact) mass is 349 g/mol. The molecule has 0 radical (unpaired) electrons. The molecule has 3 rings (SSSR count). The summed E-state index contributed by atoms with van der Waals surface area (Å²) in [5.41, 5.74) is -0.432. The lowest BCUT2D eigenvalue weighted by Crippen LogP contribution is -2.13. The minimum Gasteiger partial charge on any atom is -0.318 e. The van der Waals surface area contributed by atoms with Crippen LogP contribution in [0.3, 0.4) is 0 Å². The van der Waals surface area contributed by atoms with Gasteiger partial charge in [0, 0.05) is 17.5 Å². The minimum absolute atomic E-state index is 0.129. The molecule has 0 unspecified atom stereocenters. The Labute approximate surface area is 137 Å². The van der Waals surface area contributed by atoms with E-state index in [9.17, 15) is 19.3 Å². The van der Waals surface area contributed by atoms with Gasteiger partial charge < -0.3 is 5.32 Å². The summed E-state index contributed by atoms with van der Waals surface area (Å²) >= 11 is 2.79. The second-order valence-electron chi connectivity index (χ2n) is 4.39. The van der Waals surface area contributed by atoms with Crippen molar-refractivity contribution in [3.8, 4) is 9.88 Å². The molecule has 1 N–H and O–H groups in total. The van der Waals surface area contributed by atoms with E-state index in [1.165, 1.54) is 22.7 Å². The van der Waals surface area contributed by atoms with Gasteiger partial charge in [-0.15, -0.1) is 22.7 Å². The van der Waals surface area contributed by atoms with E-state index < -0.39 is 16.6 Å². The molecular weight excluding hydrogens is 341 g/mol. The van der Waals surface area contributed by atoms with Gasteiger partial charge in [-0.05, 0) is 17.5 Å². The number of anilines is 1. The molecule has 1 amide bonds. The van der Waals surface area contributed by atoms with Crippen molar-refractivity contribution in [1.82, 2.24) is 4.98 Å². The van der Waals surface area contributed by atoms with Crippen molar-refractivity contribution in [3.63, 3.8) is 0 Å². The Balaban J connectivity index is 1.82. The van der Waals surface area contributed by atoms with Crippen molar-refractivity contribution in [2.45, 2.75) is 0 Å². The SMILES string of the molecule is O=C(Nc1cc([N+](=O)[O-])ccc1F)c1csc(-c2cccs2)n1. The van der Waals surface area contributed by atoms with Crippen LogP contribution >= 0.6 is 22.7 Å². The topological polar surface area (TPSA) is 85.1 Å². The number of nitrogens with zero attached hydrogens (tertiary/aromatic N) is 2. The molecule has 2 heterocycles. The first-order valence-electron chi connectivity index (χ1n) is 6.29. The van der Waals surface area contributed by atoms with E-state index in [0.717, 1.165) is 23.1 Å². The van der Waals surface area contributed by atoms with Gasteiger partial charge in [0.25, 0.3) is 11.6 Å². The molecule has 6 nitrogen and oxygen atoms in total. The van der Waals surface area contributed by atoms with Gasteiger partial charge in [-0.3, -0.25) is 14.9 Å². The molecule has 0 aliphatic rings. The summed E-state index contributed by atoms with van der Waals surface area (Å²) in [5.74, 6) is -1.37. The minimum atomic E-state index is -0.752. The average Bonchev–Trinajstić information content (AvgIpc) is 3.20. The Morgan fingerprint density at radius 3 is 2.83 bits per heavy atom. The number of halogens is 1. The predicted octanol–water partition coefficient (Wildman–Crippen LogP) is 4.17. The lowest BCUT2D eigenvalue weighted by Gasteiger charge is -2.04. The highest BCUT2D eigenvalue weighted by molar-refractivity contribution is 7.20. The van der Waals surface area contributed by atoms with Crippen LogP contribution in [0.2, 0.25) is 0 Å². The number of nitro groups is 1. The first kappa shape index (κ1) is 15.3. The molecule has 0 spiro atoms. The van der Waals surface area contributed by atoms with E-state index >= 15 is 0 Å². The van der Waals surface area contributed by atoms with Gasteiger partial charge in [-0.25, -0.2) is 9.37 Å². The number of rotatable bonds is 4. The highest BCUT2D eigenvalue weighted by Crippen LogP contribution is 2.28. The van der Waals surface area contributed by atoms with Crippen LogP contribution < -0.4 is 5.32 Å². The Hall–Kier alpha value is -2.65. The van der Waals surface area contributed by atoms with E-state index in [-0.39, 0.29) is 17.1 Å². The summed E-state index contributed by atoms with van der Waals surface area (Å²) in [6.45, 7) is 0. The van der Waals surface area contributed by atoms with E-state index in [1.54, 1.807) is 5.38 Å². The predicted molar refractivity (Wildman–Crippen MR) is 86.4 cm³/mol. The lowest BCUT2D eigenvalue weighted by molar-refractivity contribution is -0.384. The van der Waals surface area contributed by atoms with Crippen LogP contribution in [-0.4, -0.2) is 15.8 Å². The van der Waals surface area contributed by atoms with E-state index in [1.807, 2.05) is 17.5 Å². The summed E-state index contributed by atoms with van der Waals surface area (Å²) in [6, 6.07) is 6.69. The highest BCUT2D eigenvalue weighted by atomic mass is 32.1. The Morgan fingerprint density at radius 1 is 1.30 bits per heavy atom. The fraction of sp³-hybridized carbons (Fsp3) is 0. The molecule has 0 bridgehead atoms. The number of benzene rings is 1. The fourth-order valence-electron chi connectivity index (χ4n) is 1.80. The standard InChI is InChI=1S/C14H8FN3O3S2/c15-9-4-3-8(18(20)21)6-10(9)16-13(19)11-7-23-14(17-11)12-2-1-5-22-12/h1-7H,(H,16,19). The summed E-state index contributed by atoms with van der Waals surface area (Å²) in [7, 11) is 0. The van der Waals surface area contributed by atoms with Crippen molar-refractivity contribution < 1.29 is 14.1 Å². The maximum Gasteiger partial charge on any atom is 0.275 e. The van der Waals surface area contributed by atoms with Crippen LogP contribution in [0, 0.1) is 15.9 Å². The van der Waals surface area contributed by atoms with Crippen molar-refractivity contribution in [2.75, 3.05) is 5.32 Å². The second kappa shape index (κ2) is 6.23. The Bertz CT molecular complexity index is 877. The number of thiophene rings is 1. The summed E-state index contributed by atoms with van der Waals surface area (Å²) < 4.78 is 13.7. The lowest BCUT2D eigenvalue weighted by atomic mass is 10.2. The summed E-state index contributed by atoms with van der Waals surface area (Å²) in [5, 5.41) is 17.2. The van der Waals surface area contributed by atoms with Crippen molar-refractivity contribution in [1.29, 1.82) is 0 Å². The number of carbonyl (C=O) groups is 1. The molecule has 0 aliphatic carbocycles. The molecule has 0 atom stereocenters. The molecular formula is C14H8FN3O3S2. The number of amides is 1. The van der Waals surface area contributed by atoms with Gasteiger partial charge >= 0.3 is 0 Å². The summed E-state index contributed by atoms with van der Waals surface area (Å²) in [6.07, 6.45) is 0. The molecule has 9 heteroatoms. The molecule has 2 aromatic heterocycles. The zero-order chi connectivity index (χ0) is 16.4. The smallest absolute Gasteiger partial charge is 0.275 e. The Kier molecular flexibility index (Phi) is 4.13. The second-order valence-corrected chi connectivity index (χ2v) is 6.20. The molecule has 0 aliphatic heterocycles. The molecule has 0 fully saturated rings. The molecule has 0 saturated carbocycles. The van der Waals surface area contributed by atoms with Crippen LogP contribution in [0.25, 0.3) is 9.88 Å². The molecule has 1 aromatic carbocycles. The van der Waals surface area contributed by atoms with Crippen LogP contribution in [0.1, 0.15) is 10.5 Å².